The van der Waals surface area contributed by atoms with Crippen molar-refractivity contribution in [1.29, 1.82) is 0 Å². The number of halogens is 2. The van der Waals surface area contributed by atoms with Crippen LogP contribution in [-0.4, -0.2) is 18.6 Å². The molecule has 14 heavy (non-hydrogen) atoms. The number of rotatable bonds is 2. The summed E-state index contributed by atoms with van der Waals surface area (Å²) in [5.41, 5.74) is 0.144. The number of hydrogen-bond donors (Lipinski definition) is 1. The monoisotopic (exact) mass is 212 g/mol. The van der Waals surface area contributed by atoms with E-state index >= 15 is 0 Å². The Hall–Kier alpha value is -1.11. The first kappa shape index (κ1) is 11.0. The van der Waals surface area contributed by atoms with Crippen molar-refractivity contribution in [2.75, 3.05) is 13.6 Å². The first-order valence-corrected chi connectivity index (χ1v) is 4.56. The van der Waals surface area contributed by atoms with Crippen molar-refractivity contribution in [1.82, 2.24) is 10.3 Å². The van der Waals surface area contributed by atoms with Crippen LogP contribution in [0.25, 0.3) is 0 Å². The average Bonchev–Trinajstić information content (AvgIpc) is 2.15. The second kappa shape index (κ2) is 5.58. The molecule has 1 N–H and O–H groups in total. The molecule has 1 rings (SSSR count). The van der Waals surface area contributed by atoms with Crippen LogP contribution >= 0.6 is 11.6 Å². The topological polar surface area (TPSA) is 24.9 Å². The Labute approximate surface area is 87.5 Å². The second-order valence-corrected chi connectivity index (χ2v) is 3.08. The Morgan fingerprint density at radius 2 is 2.43 bits per heavy atom. The van der Waals surface area contributed by atoms with Crippen molar-refractivity contribution >= 4 is 11.6 Å². The normalized spacial score (nSPS) is 9.36. The van der Waals surface area contributed by atoms with Crippen molar-refractivity contribution in [3.05, 3.63) is 28.8 Å². The van der Waals surface area contributed by atoms with Crippen LogP contribution in [0, 0.1) is 17.7 Å². The molecule has 0 spiro atoms. The van der Waals surface area contributed by atoms with Gasteiger partial charge >= 0.3 is 0 Å². The molecule has 2 nitrogen and oxygen atoms in total. The standard InChI is InChI=1S/C10H10ClFN2/c1-13-5-3-2-4-10-9(12)6-8(11)7-14-10/h6-7,13H,3,5H2,1H3. The van der Waals surface area contributed by atoms with Crippen molar-refractivity contribution < 1.29 is 4.39 Å². The van der Waals surface area contributed by atoms with E-state index < -0.39 is 5.82 Å². The SMILES string of the molecule is CNCCC#Cc1ncc(Cl)cc1F. The van der Waals surface area contributed by atoms with Gasteiger partial charge in [0.05, 0.1) is 5.02 Å². The third kappa shape index (κ3) is 3.33. The van der Waals surface area contributed by atoms with Crippen molar-refractivity contribution in [2.45, 2.75) is 6.42 Å². The highest BCUT2D eigenvalue weighted by Gasteiger charge is 2.00. The summed E-state index contributed by atoms with van der Waals surface area (Å²) in [5.74, 6) is 4.97. The fourth-order valence-corrected chi connectivity index (χ4v) is 0.985. The molecule has 0 aliphatic rings. The molecular formula is C10H10ClFN2. The molecule has 0 radical (unpaired) electrons. The Bertz CT molecular complexity index is 368. The van der Waals surface area contributed by atoms with E-state index in [-0.39, 0.29) is 10.7 Å². The van der Waals surface area contributed by atoms with Crippen molar-refractivity contribution in [3.8, 4) is 11.8 Å². The molecule has 0 aliphatic heterocycles. The van der Waals surface area contributed by atoms with Gasteiger partial charge in [-0.3, -0.25) is 0 Å². The minimum Gasteiger partial charge on any atom is -0.319 e. The first-order chi connectivity index (χ1) is 6.74. The summed E-state index contributed by atoms with van der Waals surface area (Å²) in [6.07, 6.45) is 2.05. The van der Waals surface area contributed by atoms with Crippen LogP contribution in [0.1, 0.15) is 12.1 Å². The first-order valence-electron chi connectivity index (χ1n) is 4.18. The molecule has 0 aromatic carbocycles. The predicted molar refractivity (Wildman–Crippen MR) is 54.6 cm³/mol. The van der Waals surface area contributed by atoms with Gasteiger partial charge in [-0.25, -0.2) is 9.37 Å². The number of nitrogens with one attached hydrogen (secondary N) is 1. The third-order valence-electron chi connectivity index (χ3n) is 1.51. The van der Waals surface area contributed by atoms with Gasteiger partial charge in [-0.15, -0.1) is 0 Å². The second-order valence-electron chi connectivity index (χ2n) is 2.64. The Kier molecular flexibility index (Phi) is 4.37. The van der Waals surface area contributed by atoms with E-state index in [1.54, 1.807) is 0 Å². The molecule has 4 heteroatoms. The van der Waals surface area contributed by atoms with Crippen LogP contribution < -0.4 is 5.32 Å². The minimum absolute atomic E-state index is 0.144. The Morgan fingerprint density at radius 1 is 1.64 bits per heavy atom. The van der Waals surface area contributed by atoms with E-state index in [0.717, 1.165) is 6.54 Å². The maximum atomic E-state index is 13.1. The van der Waals surface area contributed by atoms with Crippen LogP contribution in [0.15, 0.2) is 12.3 Å². The Balaban J connectivity index is 2.70. The molecule has 1 aromatic rings. The van der Waals surface area contributed by atoms with Gasteiger partial charge in [-0.2, -0.15) is 0 Å². The molecule has 0 atom stereocenters. The lowest BCUT2D eigenvalue weighted by atomic mass is 10.3. The highest BCUT2D eigenvalue weighted by atomic mass is 35.5. The summed E-state index contributed by atoms with van der Waals surface area (Å²) in [4.78, 5) is 3.77. The molecule has 0 bridgehead atoms. The van der Waals surface area contributed by atoms with Gasteiger partial charge in [0.15, 0.2) is 5.82 Å². The zero-order valence-corrected chi connectivity index (χ0v) is 8.53. The molecule has 0 fully saturated rings. The van der Waals surface area contributed by atoms with Gasteiger partial charge in [-0.1, -0.05) is 17.5 Å². The lowest BCUT2D eigenvalue weighted by Gasteiger charge is -1.93. The number of aromatic nitrogens is 1. The van der Waals surface area contributed by atoms with Crippen LogP contribution in [0.5, 0.6) is 0 Å². The van der Waals surface area contributed by atoms with Crippen LogP contribution in [0.2, 0.25) is 5.02 Å². The van der Waals surface area contributed by atoms with E-state index in [9.17, 15) is 4.39 Å². The number of hydrogen-bond acceptors (Lipinski definition) is 2. The van der Waals surface area contributed by atoms with E-state index in [2.05, 4.69) is 22.1 Å². The summed E-state index contributed by atoms with van der Waals surface area (Å²) >= 11 is 5.54. The molecular weight excluding hydrogens is 203 g/mol. The quantitative estimate of drug-likeness (QED) is 0.598. The van der Waals surface area contributed by atoms with Crippen LogP contribution in [0.4, 0.5) is 4.39 Å². The lowest BCUT2D eigenvalue weighted by Crippen LogP contribution is -2.05. The molecule has 0 aliphatic carbocycles. The number of nitrogens with zero attached hydrogens (tertiary/aromatic N) is 1. The fraction of sp³-hybridized carbons (Fsp3) is 0.300. The maximum Gasteiger partial charge on any atom is 0.158 e. The summed E-state index contributed by atoms with van der Waals surface area (Å²) < 4.78 is 13.1. The molecule has 1 aromatic heterocycles. The van der Waals surface area contributed by atoms with Crippen molar-refractivity contribution in [2.24, 2.45) is 0 Å². The van der Waals surface area contributed by atoms with Crippen LogP contribution in [-0.2, 0) is 0 Å². The van der Waals surface area contributed by atoms with E-state index in [4.69, 9.17) is 11.6 Å². The van der Waals surface area contributed by atoms with Gasteiger partial charge in [0.25, 0.3) is 0 Å². The van der Waals surface area contributed by atoms with Gasteiger partial charge in [0.2, 0.25) is 0 Å². The van der Waals surface area contributed by atoms with E-state index in [1.165, 1.54) is 12.3 Å². The van der Waals surface area contributed by atoms with Crippen LogP contribution in [0.3, 0.4) is 0 Å². The molecule has 0 unspecified atom stereocenters. The number of pyridine rings is 1. The lowest BCUT2D eigenvalue weighted by molar-refractivity contribution is 0.617. The predicted octanol–water partition coefficient (Wildman–Crippen LogP) is 1.84. The highest BCUT2D eigenvalue weighted by Crippen LogP contribution is 2.10. The van der Waals surface area contributed by atoms with Gasteiger partial charge < -0.3 is 5.32 Å². The smallest absolute Gasteiger partial charge is 0.158 e. The molecule has 1 heterocycles. The molecule has 0 amide bonds. The molecule has 74 valence electrons. The minimum atomic E-state index is -0.477. The summed E-state index contributed by atoms with van der Waals surface area (Å²) in [5, 5.41) is 3.22. The van der Waals surface area contributed by atoms with E-state index in [0.29, 0.717) is 6.42 Å². The zero-order chi connectivity index (χ0) is 10.4. The van der Waals surface area contributed by atoms with Gasteiger partial charge in [-0.05, 0) is 19.0 Å². The summed E-state index contributed by atoms with van der Waals surface area (Å²) in [7, 11) is 1.84. The van der Waals surface area contributed by atoms with Crippen molar-refractivity contribution in [3.63, 3.8) is 0 Å². The maximum absolute atomic E-state index is 13.1. The fourth-order valence-electron chi connectivity index (χ4n) is 0.840. The third-order valence-corrected chi connectivity index (χ3v) is 1.72. The van der Waals surface area contributed by atoms with Gasteiger partial charge in [0, 0.05) is 19.2 Å². The summed E-state index contributed by atoms with van der Waals surface area (Å²) in [6.45, 7) is 0.780. The Morgan fingerprint density at radius 3 is 3.07 bits per heavy atom. The highest BCUT2D eigenvalue weighted by molar-refractivity contribution is 6.30. The van der Waals surface area contributed by atoms with Gasteiger partial charge in [0.1, 0.15) is 5.69 Å². The zero-order valence-electron chi connectivity index (χ0n) is 7.77. The summed E-state index contributed by atoms with van der Waals surface area (Å²) in [6, 6.07) is 1.20. The largest absolute Gasteiger partial charge is 0.319 e. The molecule has 0 saturated carbocycles. The van der Waals surface area contributed by atoms with E-state index in [1.807, 2.05) is 7.05 Å². The molecule has 0 saturated heterocycles. The average molecular weight is 213 g/mol.